The first-order valence-electron chi connectivity index (χ1n) is 6.56. The van der Waals surface area contributed by atoms with Crippen LogP contribution in [0.2, 0.25) is 0 Å². The molecular formula is C15H12N4O3. The molecule has 0 bridgehead atoms. The molecule has 3 rings (SSSR count). The summed E-state index contributed by atoms with van der Waals surface area (Å²) in [5, 5.41) is 10.2. The number of nitrogens with zero attached hydrogens (tertiary/aromatic N) is 3. The second-order valence-corrected chi connectivity index (χ2v) is 4.54. The standard InChI is InChI=1S/C15H12N4O3/c20-14-7-6-12(15(21)16-13-8-9-22-18-13)17-19(14)10-11-4-2-1-3-5-11/h1-9H,10H2,(H,16,18,21). The Morgan fingerprint density at radius 1 is 1.14 bits per heavy atom. The molecular weight excluding hydrogens is 284 g/mol. The van der Waals surface area contributed by atoms with Crippen molar-refractivity contribution in [1.29, 1.82) is 0 Å². The summed E-state index contributed by atoms with van der Waals surface area (Å²) in [5.41, 5.74) is 0.770. The Kier molecular flexibility index (Phi) is 3.78. The lowest BCUT2D eigenvalue weighted by Gasteiger charge is -2.06. The minimum Gasteiger partial charge on any atom is -0.363 e. The zero-order valence-electron chi connectivity index (χ0n) is 11.5. The molecule has 1 amide bonds. The fourth-order valence-corrected chi connectivity index (χ4v) is 1.90. The Labute approximate surface area is 125 Å². The van der Waals surface area contributed by atoms with Crippen LogP contribution in [0.25, 0.3) is 0 Å². The van der Waals surface area contributed by atoms with Gasteiger partial charge in [-0.1, -0.05) is 35.5 Å². The Bertz CT molecular complexity index is 826. The van der Waals surface area contributed by atoms with Crippen molar-refractivity contribution in [3.63, 3.8) is 0 Å². The average molecular weight is 296 g/mol. The van der Waals surface area contributed by atoms with E-state index in [0.717, 1.165) is 5.56 Å². The number of nitrogens with one attached hydrogen (secondary N) is 1. The van der Waals surface area contributed by atoms with Gasteiger partial charge in [-0.05, 0) is 11.6 Å². The van der Waals surface area contributed by atoms with Crippen LogP contribution in [0.5, 0.6) is 0 Å². The van der Waals surface area contributed by atoms with E-state index in [1.807, 2.05) is 30.3 Å². The van der Waals surface area contributed by atoms with Gasteiger partial charge in [0.25, 0.3) is 11.5 Å². The van der Waals surface area contributed by atoms with E-state index in [0.29, 0.717) is 6.54 Å². The first-order valence-corrected chi connectivity index (χ1v) is 6.56. The Morgan fingerprint density at radius 3 is 2.68 bits per heavy atom. The summed E-state index contributed by atoms with van der Waals surface area (Å²) in [7, 11) is 0. The van der Waals surface area contributed by atoms with Crippen LogP contribution >= 0.6 is 0 Å². The number of benzene rings is 1. The largest absolute Gasteiger partial charge is 0.363 e. The van der Waals surface area contributed by atoms with E-state index < -0.39 is 5.91 Å². The summed E-state index contributed by atoms with van der Waals surface area (Å²) in [5.74, 6) is -0.177. The molecule has 0 radical (unpaired) electrons. The molecule has 0 spiro atoms. The van der Waals surface area contributed by atoms with Gasteiger partial charge in [-0.15, -0.1) is 0 Å². The third kappa shape index (κ3) is 3.09. The lowest BCUT2D eigenvalue weighted by Crippen LogP contribution is -2.26. The molecule has 1 N–H and O–H groups in total. The number of rotatable bonds is 4. The number of hydrogen-bond donors (Lipinski definition) is 1. The van der Waals surface area contributed by atoms with Crippen molar-refractivity contribution in [2.75, 3.05) is 5.32 Å². The monoisotopic (exact) mass is 296 g/mol. The molecule has 110 valence electrons. The summed E-state index contributed by atoms with van der Waals surface area (Å²) in [6.45, 7) is 0.296. The average Bonchev–Trinajstić information content (AvgIpc) is 3.03. The topological polar surface area (TPSA) is 90.0 Å². The predicted octanol–water partition coefficient (Wildman–Crippen LogP) is 1.53. The first kappa shape index (κ1) is 13.7. The van der Waals surface area contributed by atoms with Gasteiger partial charge < -0.3 is 9.84 Å². The molecule has 7 heteroatoms. The third-order valence-corrected chi connectivity index (χ3v) is 2.95. The molecule has 0 saturated carbocycles. The molecule has 3 aromatic rings. The number of carbonyl (C=O) groups is 1. The van der Waals surface area contributed by atoms with Crippen LogP contribution < -0.4 is 10.9 Å². The maximum atomic E-state index is 12.1. The molecule has 0 aliphatic rings. The van der Waals surface area contributed by atoms with Crippen LogP contribution in [0.15, 0.2) is 64.1 Å². The zero-order valence-corrected chi connectivity index (χ0v) is 11.5. The van der Waals surface area contributed by atoms with Crippen LogP contribution in [0, 0.1) is 0 Å². The van der Waals surface area contributed by atoms with Crippen molar-refractivity contribution in [3.05, 3.63) is 76.4 Å². The van der Waals surface area contributed by atoms with Crippen LogP contribution in [0.1, 0.15) is 16.1 Å². The summed E-state index contributed by atoms with van der Waals surface area (Å²) in [6.07, 6.45) is 1.35. The Balaban J connectivity index is 1.83. The number of hydrogen-bond acceptors (Lipinski definition) is 5. The van der Waals surface area contributed by atoms with Gasteiger partial charge in [0.05, 0.1) is 6.54 Å². The number of carbonyl (C=O) groups excluding carboxylic acids is 1. The van der Waals surface area contributed by atoms with Crippen molar-refractivity contribution in [2.24, 2.45) is 0 Å². The van der Waals surface area contributed by atoms with Gasteiger partial charge in [-0.25, -0.2) is 4.68 Å². The van der Waals surface area contributed by atoms with Crippen molar-refractivity contribution in [2.45, 2.75) is 6.54 Å². The van der Waals surface area contributed by atoms with Gasteiger partial charge in [0.15, 0.2) is 5.82 Å². The van der Waals surface area contributed by atoms with Gasteiger partial charge in [0, 0.05) is 12.1 Å². The van der Waals surface area contributed by atoms with E-state index in [-0.39, 0.29) is 17.1 Å². The van der Waals surface area contributed by atoms with Gasteiger partial charge in [0.2, 0.25) is 0 Å². The highest BCUT2D eigenvalue weighted by atomic mass is 16.5. The van der Waals surface area contributed by atoms with E-state index in [4.69, 9.17) is 0 Å². The fourth-order valence-electron chi connectivity index (χ4n) is 1.90. The predicted molar refractivity (Wildman–Crippen MR) is 78.5 cm³/mol. The van der Waals surface area contributed by atoms with E-state index in [2.05, 4.69) is 20.1 Å². The SMILES string of the molecule is O=C(Nc1ccon1)c1ccc(=O)n(Cc2ccccc2)n1. The second kappa shape index (κ2) is 6.04. The molecule has 0 fully saturated rings. The van der Waals surface area contributed by atoms with Crippen LogP contribution in [-0.4, -0.2) is 20.8 Å². The Morgan fingerprint density at radius 2 is 1.95 bits per heavy atom. The maximum Gasteiger partial charge on any atom is 0.277 e. The quantitative estimate of drug-likeness (QED) is 0.788. The smallest absolute Gasteiger partial charge is 0.277 e. The number of amides is 1. The molecule has 7 nitrogen and oxygen atoms in total. The molecule has 2 heterocycles. The zero-order chi connectivity index (χ0) is 15.4. The van der Waals surface area contributed by atoms with Crippen LogP contribution in [0.4, 0.5) is 5.82 Å². The van der Waals surface area contributed by atoms with Crippen molar-refractivity contribution < 1.29 is 9.32 Å². The highest BCUT2D eigenvalue weighted by Gasteiger charge is 2.11. The van der Waals surface area contributed by atoms with Crippen molar-refractivity contribution >= 4 is 11.7 Å². The molecule has 0 saturated heterocycles. The first-order chi connectivity index (χ1) is 10.7. The minimum absolute atomic E-state index is 0.124. The van der Waals surface area contributed by atoms with Crippen molar-refractivity contribution in [3.8, 4) is 0 Å². The molecule has 0 unspecified atom stereocenters. The number of anilines is 1. The maximum absolute atomic E-state index is 12.1. The highest BCUT2D eigenvalue weighted by molar-refractivity contribution is 6.02. The van der Waals surface area contributed by atoms with Crippen LogP contribution in [0.3, 0.4) is 0 Å². The summed E-state index contributed by atoms with van der Waals surface area (Å²) < 4.78 is 5.88. The van der Waals surface area contributed by atoms with Gasteiger partial charge in [-0.3, -0.25) is 9.59 Å². The molecule has 0 aliphatic heterocycles. The Hall–Kier alpha value is -3.22. The fraction of sp³-hybridized carbons (Fsp3) is 0.0667. The molecule has 0 aliphatic carbocycles. The minimum atomic E-state index is -0.462. The lowest BCUT2D eigenvalue weighted by molar-refractivity contribution is 0.101. The van der Waals surface area contributed by atoms with Crippen LogP contribution in [-0.2, 0) is 6.54 Å². The highest BCUT2D eigenvalue weighted by Crippen LogP contribution is 2.04. The van der Waals surface area contributed by atoms with Gasteiger partial charge >= 0.3 is 0 Å². The summed E-state index contributed by atoms with van der Waals surface area (Å²) >= 11 is 0. The van der Waals surface area contributed by atoms with Crippen molar-refractivity contribution in [1.82, 2.24) is 14.9 Å². The second-order valence-electron chi connectivity index (χ2n) is 4.54. The molecule has 0 atom stereocenters. The van der Waals surface area contributed by atoms with E-state index in [1.54, 1.807) is 0 Å². The van der Waals surface area contributed by atoms with E-state index >= 15 is 0 Å². The number of aromatic nitrogens is 3. The van der Waals surface area contributed by atoms with Gasteiger partial charge in [-0.2, -0.15) is 5.10 Å². The summed E-state index contributed by atoms with van der Waals surface area (Å²) in [6, 6.07) is 13.6. The van der Waals surface area contributed by atoms with E-state index in [1.165, 1.54) is 29.1 Å². The molecule has 22 heavy (non-hydrogen) atoms. The van der Waals surface area contributed by atoms with Gasteiger partial charge in [0.1, 0.15) is 12.0 Å². The lowest BCUT2D eigenvalue weighted by atomic mass is 10.2. The molecule has 1 aromatic carbocycles. The summed E-state index contributed by atoms with van der Waals surface area (Å²) in [4.78, 5) is 23.9. The normalized spacial score (nSPS) is 10.4. The molecule has 2 aromatic heterocycles. The van der Waals surface area contributed by atoms with E-state index in [9.17, 15) is 9.59 Å². The third-order valence-electron chi connectivity index (χ3n) is 2.95.